The zero-order chi connectivity index (χ0) is 14.6. The minimum absolute atomic E-state index is 0.00727. The van der Waals surface area contributed by atoms with Crippen molar-refractivity contribution in [1.82, 2.24) is 10.2 Å². The van der Waals surface area contributed by atoms with Crippen LogP contribution >= 0.6 is 0 Å². The molecule has 1 saturated heterocycles. The molecule has 1 fully saturated rings. The van der Waals surface area contributed by atoms with Crippen LogP contribution in [0.25, 0.3) is 0 Å². The van der Waals surface area contributed by atoms with E-state index >= 15 is 0 Å². The van der Waals surface area contributed by atoms with Crippen LogP contribution in [0.15, 0.2) is 0 Å². The van der Waals surface area contributed by atoms with Crippen molar-refractivity contribution in [3.63, 3.8) is 0 Å². The van der Waals surface area contributed by atoms with Gasteiger partial charge >= 0.3 is 0 Å². The summed E-state index contributed by atoms with van der Waals surface area (Å²) in [5, 5.41) is 2.78. The minimum atomic E-state index is -0.475. The summed E-state index contributed by atoms with van der Waals surface area (Å²) < 4.78 is 5.28. The lowest BCUT2D eigenvalue weighted by molar-refractivity contribution is -0.139. The van der Waals surface area contributed by atoms with Gasteiger partial charge < -0.3 is 15.0 Å². The van der Waals surface area contributed by atoms with E-state index in [-0.39, 0.29) is 17.9 Å². The van der Waals surface area contributed by atoms with Crippen LogP contribution in [0.5, 0.6) is 0 Å². The molecule has 1 atom stereocenters. The maximum Gasteiger partial charge on any atom is 0.244 e. The number of rotatable bonds is 3. The molecule has 0 saturated carbocycles. The summed E-state index contributed by atoms with van der Waals surface area (Å²) in [6.45, 7) is 8.66. The Labute approximate surface area is 115 Å². The van der Waals surface area contributed by atoms with Crippen LogP contribution in [0.1, 0.15) is 40.5 Å². The van der Waals surface area contributed by atoms with Crippen LogP contribution in [-0.2, 0) is 14.3 Å². The zero-order valence-electron chi connectivity index (χ0n) is 12.7. The summed E-state index contributed by atoms with van der Waals surface area (Å²) in [6.07, 6.45) is 1.98. The lowest BCUT2D eigenvalue weighted by Crippen LogP contribution is -2.51. The lowest BCUT2D eigenvalue weighted by atomic mass is 9.95. The quantitative estimate of drug-likeness (QED) is 0.837. The number of hydrogen-bond donors (Lipinski definition) is 1. The van der Waals surface area contributed by atoms with Gasteiger partial charge in [0.1, 0.15) is 6.04 Å². The van der Waals surface area contributed by atoms with Crippen molar-refractivity contribution in [3.8, 4) is 0 Å². The van der Waals surface area contributed by atoms with Crippen molar-refractivity contribution < 1.29 is 14.3 Å². The van der Waals surface area contributed by atoms with Gasteiger partial charge in [-0.25, -0.2) is 0 Å². The van der Waals surface area contributed by atoms with E-state index in [9.17, 15) is 9.59 Å². The molecule has 19 heavy (non-hydrogen) atoms. The molecule has 110 valence electrons. The second-order valence-corrected chi connectivity index (χ2v) is 6.21. The average molecular weight is 270 g/mol. The number of ether oxygens (including phenoxy) is 1. The third-order valence-electron chi connectivity index (χ3n) is 3.49. The lowest BCUT2D eigenvalue weighted by Gasteiger charge is -2.33. The third-order valence-corrected chi connectivity index (χ3v) is 3.49. The molecule has 0 aromatic heterocycles. The molecule has 0 spiro atoms. The topological polar surface area (TPSA) is 58.6 Å². The van der Waals surface area contributed by atoms with Crippen molar-refractivity contribution in [2.24, 2.45) is 5.41 Å². The number of methoxy groups -OCH3 is 1. The first-order chi connectivity index (χ1) is 8.75. The van der Waals surface area contributed by atoms with E-state index in [4.69, 9.17) is 4.74 Å². The summed E-state index contributed by atoms with van der Waals surface area (Å²) in [4.78, 5) is 25.9. The normalized spacial score (nSPS) is 19.1. The van der Waals surface area contributed by atoms with Crippen molar-refractivity contribution in [2.45, 2.75) is 52.7 Å². The van der Waals surface area contributed by atoms with Gasteiger partial charge in [0, 0.05) is 25.6 Å². The number of carbonyl (C=O) groups excluding carboxylic acids is 2. The van der Waals surface area contributed by atoms with Gasteiger partial charge in [0.2, 0.25) is 11.8 Å². The van der Waals surface area contributed by atoms with Crippen molar-refractivity contribution >= 4 is 11.8 Å². The average Bonchev–Trinajstić information content (AvgIpc) is 2.36. The van der Waals surface area contributed by atoms with E-state index in [1.54, 1.807) is 14.0 Å². The Morgan fingerprint density at radius 3 is 2.21 bits per heavy atom. The van der Waals surface area contributed by atoms with Crippen LogP contribution < -0.4 is 5.32 Å². The molecule has 5 heteroatoms. The molecular weight excluding hydrogens is 244 g/mol. The Morgan fingerprint density at radius 1 is 1.26 bits per heavy atom. The predicted molar refractivity (Wildman–Crippen MR) is 73.7 cm³/mol. The fourth-order valence-electron chi connectivity index (χ4n) is 2.06. The molecule has 1 N–H and O–H groups in total. The van der Waals surface area contributed by atoms with E-state index in [1.165, 1.54) is 0 Å². The Balaban J connectivity index is 2.47. The minimum Gasteiger partial charge on any atom is -0.381 e. The largest absolute Gasteiger partial charge is 0.381 e. The van der Waals surface area contributed by atoms with E-state index in [0.717, 1.165) is 12.8 Å². The smallest absolute Gasteiger partial charge is 0.244 e. The summed E-state index contributed by atoms with van der Waals surface area (Å²) in [6, 6.07) is -0.467. The molecule has 1 heterocycles. The number of nitrogens with zero attached hydrogens (tertiary/aromatic N) is 1. The predicted octanol–water partition coefficient (Wildman–Crippen LogP) is 1.17. The molecular formula is C14H26N2O3. The highest BCUT2D eigenvalue weighted by atomic mass is 16.5. The number of piperidine rings is 1. The molecule has 0 aromatic carbocycles. The van der Waals surface area contributed by atoms with Gasteiger partial charge in [-0.15, -0.1) is 0 Å². The highest BCUT2D eigenvalue weighted by Gasteiger charge is 2.29. The molecule has 1 unspecified atom stereocenters. The molecule has 0 aromatic rings. The van der Waals surface area contributed by atoms with Crippen LogP contribution in [0.2, 0.25) is 0 Å². The van der Waals surface area contributed by atoms with E-state index in [1.807, 2.05) is 25.7 Å². The summed E-state index contributed by atoms with van der Waals surface area (Å²) in [5.74, 6) is -0.104. The molecule has 5 nitrogen and oxygen atoms in total. The SMILES string of the molecule is COC1CCN(C(=O)C(C)NC(=O)C(C)(C)C)CC1. The van der Waals surface area contributed by atoms with Gasteiger partial charge in [0.05, 0.1) is 6.10 Å². The maximum absolute atomic E-state index is 12.2. The van der Waals surface area contributed by atoms with Gasteiger partial charge in [-0.1, -0.05) is 20.8 Å². The number of nitrogens with one attached hydrogen (secondary N) is 1. The van der Waals surface area contributed by atoms with Crippen LogP contribution in [-0.4, -0.2) is 49.1 Å². The van der Waals surface area contributed by atoms with Crippen LogP contribution in [0.4, 0.5) is 0 Å². The van der Waals surface area contributed by atoms with Gasteiger partial charge in [0.15, 0.2) is 0 Å². The molecule has 1 aliphatic heterocycles. The summed E-state index contributed by atoms with van der Waals surface area (Å²) in [7, 11) is 1.70. The zero-order valence-corrected chi connectivity index (χ0v) is 12.7. The first-order valence-corrected chi connectivity index (χ1v) is 6.88. The van der Waals surface area contributed by atoms with Crippen LogP contribution in [0, 0.1) is 5.41 Å². The third kappa shape index (κ3) is 4.49. The number of amides is 2. The van der Waals surface area contributed by atoms with Gasteiger partial charge in [0.25, 0.3) is 0 Å². The highest BCUT2D eigenvalue weighted by Crippen LogP contribution is 2.15. The fourth-order valence-corrected chi connectivity index (χ4v) is 2.06. The molecule has 1 aliphatic rings. The number of hydrogen-bond acceptors (Lipinski definition) is 3. The monoisotopic (exact) mass is 270 g/mol. The van der Waals surface area contributed by atoms with Gasteiger partial charge in [-0.05, 0) is 19.8 Å². The first-order valence-electron chi connectivity index (χ1n) is 6.88. The molecule has 2 amide bonds. The highest BCUT2D eigenvalue weighted by molar-refractivity contribution is 5.89. The van der Waals surface area contributed by atoms with Gasteiger partial charge in [-0.2, -0.15) is 0 Å². The number of carbonyl (C=O) groups is 2. The second kappa shape index (κ2) is 6.37. The second-order valence-electron chi connectivity index (χ2n) is 6.21. The summed E-state index contributed by atoms with van der Waals surface area (Å²) >= 11 is 0. The fraction of sp³-hybridized carbons (Fsp3) is 0.857. The van der Waals surface area contributed by atoms with Crippen molar-refractivity contribution in [1.29, 1.82) is 0 Å². The van der Waals surface area contributed by atoms with Crippen LogP contribution in [0.3, 0.4) is 0 Å². The number of likely N-dealkylation sites (tertiary alicyclic amines) is 1. The Hall–Kier alpha value is -1.10. The standard InChI is InChI=1S/C14H26N2O3/c1-10(15-13(18)14(2,3)4)12(17)16-8-6-11(19-5)7-9-16/h10-11H,6-9H2,1-5H3,(H,15,18). The molecule has 0 bridgehead atoms. The molecule has 1 rings (SSSR count). The summed E-state index contributed by atoms with van der Waals surface area (Å²) in [5.41, 5.74) is -0.475. The van der Waals surface area contributed by atoms with Crippen molar-refractivity contribution in [2.75, 3.05) is 20.2 Å². The van der Waals surface area contributed by atoms with Crippen molar-refractivity contribution in [3.05, 3.63) is 0 Å². The van der Waals surface area contributed by atoms with Gasteiger partial charge in [-0.3, -0.25) is 9.59 Å². The van der Waals surface area contributed by atoms with E-state index < -0.39 is 11.5 Å². The first kappa shape index (κ1) is 16.0. The van der Waals surface area contributed by atoms with E-state index in [2.05, 4.69) is 5.32 Å². The Kier molecular flexibility index (Phi) is 5.35. The Morgan fingerprint density at radius 2 is 1.79 bits per heavy atom. The molecule has 0 radical (unpaired) electrons. The Bertz CT molecular complexity index is 328. The van der Waals surface area contributed by atoms with E-state index in [0.29, 0.717) is 13.1 Å². The maximum atomic E-state index is 12.2. The molecule has 0 aliphatic carbocycles.